The van der Waals surface area contributed by atoms with E-state index < -0.39 is 5.60 Å². The molecule has 9 aromatic rings. The summed E-state index contributed by atoms with van der Waals surface area (Å²) in [5.74, 6) is 6.68. The van der Waals surface area contributed by atoms with Crippen LogP contribution in [0.25, 0.3) is 0 Å². The normalized spacial score (nSPS) is 13.5. The predicted octanol–water partition coefficient (Wildman–Crippen LogP) is 13.9. The molecule has 5 amide bonds. The molecule has 0 spiro atoms. The second-order valence-electron chi connectivity index (χ2n) is 22.7. The maximum Gasteiger partial charge on any atom is 0.321 e. The summed E-state index contributed by atoms with van der Waals surface area (Å²) in [6, 6.07) is 34.2. The van der Waals surface area contributed by atoms with Crippen LogP contribution in [0.3, 0.4) is 0 Å². The number of H-pyrrole nitrogens is 3. The first kappa shape index (κ1) is 67.2. The number of carbonyl (C=O) groups excluding carboxylic acids is 3. The Kier molecular flexibility index (Phi) is 22.7. The molecule has 0 atom stereocenters. The van der Waals surface area contributed by atoms with Crippen LogP contribution in [0.4, 0.5) is 79.0 Å². The fourth-order valence-corrected chi connectivity index (χ4v) is 11.7. The fraction of sp³-hybridized carbons (Fsp3) is 0.344. The smallest absolute Gasteiger partial charge is 0.321 e. The number of carbonyl (C=O) groups is 3. The van der Waals surface area contributed by atoms with E-state index in [2.05, 4.69) is 97.5 Å². The monoisotopic (exact) mass is 1350 g/mol. The molecule has 3 saturated heterocycles. The van der Waals surface area contributed by atoms with Crippen LogP contribution in [0.5, 0.6) is 0 Å². The van der Waals surface area contributed by atoms with Crippen molar-refractivity contribution in [3.8, 4) is 0 Å². The van der Waals surface area contributed by atoms with Crippen molar-refractivity contribution < 1.29 is 30.9 Å². The van der Waals surface area contributed by atoms with Gasteiger partial charge in [0.15, 0.2) is 32.9 Å². The largest absolute Gasteiger partial charge is 0.386 e. The van der Waals surface area contributed by atoms with Gasteiger partial charge in [-0.15, -0.1) is 0 Å². The molecule has 11 N–H and O–H groups in total. The van der Waals surface area contributed by atoms with Crippen LogP contribution in [0.1, 0.15) is 88.8 Å². The van der Waals surface area contributed by atoms with Crippen LogP contribution in [0.15, 0.2) is 139 Å². The van der Waals surface area contributed by atoms with E-state index >= 15 is 0 Å². The lowest BCUT2D eigenvalue weighted by molar-refractivity contribution is -0.115. The van der Waals surface area contributed by atoms with Gasteiger partial charge in [-0.1, -0.05) is 13.8 Å². The van der Waals surface area contributed by atoms with Crippen LogP contribution in [-0.4, -0.2) is 153 Å². The Morgan fingerprint density at radius 2 is 0.894 bits per heavy atom. The van der Waals surface area contributed by atoms with Gasteiger partial charge >= 0.3 is 12.1 Å². The Morgan fingerprint density at radius 1 is 0.521 bits per heavy atom. The maximum atomic E-state index is 12.2. The number of hydrogen-bond donors (Lipinski definition) is 11. The summed E-state index contributed by atoms with van der Waals surface area (Å²) >= 11 is 4.39. The third-order valence-corrected chi connectivity index (χ3v) is 17.2. The number of nitrogens with one attached hydrogen (secondary N) is 10. The van der Waals surface area contributed by atoms with Crippen LogP contribution < -0.4 is 51.9 Å². The highest BCUT2D eigenvalue weighted by atomic mass is 32.2. The second-order valence-corrected chi connectivity index (χ2v) is 25.8. The van der Waals surface area contributed by atoms with Crippen molar-refractivity contribution in [2.24, 2.45) is 0 Å². The van der Waals surface area contributed by atoms with E-state index in [4.69, 9.17) is 9.97 Å². The average Bonchev–Trinajstić information content (AvgIpc) is 0.894. The van der Waals surface area contributed by atoms with Gasteiger partial charge in [-0.3, -0.25) is 20.1 Å². The number of nitrogens with zero attached hydrogens (tertiary/aromatic N) is 13. The van der Waals surface area contributed by atoms with Crippen molar-refractivity contribution in [1.29, 1.82) is 0 Å². The molecule has 3 aliphatic heterocycles. The third-order valence-electron chi connectivity index (χ3n) is 14.6. The molecule has 30 heteroatoms. The highest BCUT2D eigenvalue weighted by Crippen LogP contribution is 2.35. The Morgan fingerprint density at radius 3 is 1.21 bits per heavy atom. The number of anilines is 12. The second kappa shape index (κ2) is 31.8. The van der Waals surface area contributed by atoms with E-state index in [0.29, 0.717) is 77.9 Å². The lowest BCUT2D eigenvalue weighted by Gasteiger charge is -2.45. The van der Waals surface area contributed by atoms with Gasteiger partial charge < -0.3 is 61.9 Å². The first-order chi connectivity index (χ1) is 45.4. The van der Waals surface area contributed by atoms with E-state index in [0.717, 1.165) is 111 Å². The Hall–Kier alpha value is -9.65. The minimum Gasteiger partial charge on any atom is -0.386 e. The van der Waals surface area contributed by atoms with E-state index in [1.807, 2.05) is 169 Å². The Balaban J connectivity index is 0.000000500. The zero-order chi connectivity index (χ0) is 66.1. The molecule has 9 heterocycles. The van der Waals surface area contributed by atoms with Gasteiger partial charge in [0, 0.05) is 162 Å². The molecule has 27 nitrogen and oxygen atoms in total. The zero-order valence-electron chi connectivity index (χ0n) is 53.8. The van der Waals surface area contributed by atoms with E-state index in [1.54, 1.807) is 4.90 Å². The first-order valence-corrected chi connectivity index (χ1v) is 33.6. The van der Waals surface area contributed by atoms with Crippen molar-refractivity contribution in [3.05, 3.63) is 126 Å². The zero-order valence-corrected chi connectivity index (χ0v) is 56.2. The van der Waals surface area contributed by atoms with Crippen molar-refractivity contribution in [3.63, 3.8) is 0 Å². The minimum absolute atomic E-state index is 0. The predicted molar refractivity (Wildman–Crippen MR) is 389 cm³/mol. The highest BCUT2D eigenvalue weighted by molar-refractivity contribution is 7.99. The molecule has 3 aliphatic rings. The Labute approximate surface area is 570 Å². The molecule has 12 rings (SSSR count). The molecule has 508 valence electrons. The van der Waals surface area contributed by atoms with Gasteiger partial charge in [-0.05, 0) is 169 Å². The van der Waals surface area contributed by atoms with Crippen molar-refractivity contribution in [2.75, 3.05) is 106 Å². The van der Waals surface area contributed by atoms with Crippen molar-refractivity contribution >= 4 is 123 Å². The molecular weight excluding hydrogens is 1250 g/mol. The molecule has 0 saturated carbocycles. The first-order valence-electron chi connectivity index (χ1n) is 31.2. The number of aryl methyl sites for hydroxylation is 3. The number of benzene rings is 3. The summed E-state index contributed by atoms with van der Waals surface area (Å²) in [4.78, 5) is 74.9. The summed E-state index contributed by atoms with van der Waals surface area (Å²) in [5, 5.41) is 54.5. The summed E-state index contributed by atoms with van der Waals surface area (Å²) in [7, 11) is 0. The molecule has 3 aromatic carbocycles. The quantitative estimate of drug-likeness (QED) is 0.0265. The lowest BCUT2D eigenvalue weighted by Crippen LogP contribution is -2.60. The summed E-state index contributed by atoms with van der Waals surface area (Å²) in [6.07, 6.45) is 3.69. The van der Waals surface area contributed by atoms with Gasteiger partial charge in [-0.2, -0.15) is 15.3 Å². The van der Waals surface area contributed by atoms with Crippen LogP contribution in [-0.2, 0) is 4.79 Å². The molecule has 0 radical (unpaired) electrons. The summed E-state index contributed by atoms with van der Waals surface area (Å²) in [5.41, 5.74) is 4.45. The molecule has 0 aliphatic carbocycles. The van der Waals surface area contributed by atoms with Gasteiger partial charge in [-0.25, -0.2) is 39.5 Å². The minimum atomic E-state index is -0.704. The molecule has 0 bridgehead atoms. The van der Waals surface area contributed by atoms with Crippen molar-refractivity contribution in [2.45, 2.75) is 117 Å². The summed E-state index contributed by atoms with van der Waals surface area (Å²) in [6.45, 7) is 22.5. The average molecular weight is 1350 g/mol. The fourth-order valence-electron chi connectivity index (χ4n) is 9.43. The Bertz CT molecular complexity index is 4020. The third kappa shape index (κ3) is 19.5. The molecule has 3 fully saturated rings. The number of urea groups is 2. The summed E-state index contributed by atoms with van der Waals surface area (Å²) < 4.78 is 0. The van der Waals surface area contributed by atoms with Gasteiger partial charge in [0.2, 0.25) is 5.91 Å². The maximum absolute atomic E-state index is 12.2. The van der Waals surface area contributed by atoms with E-state index in [9.17, 15) is 19.5 Å². The highest BCUT2D eigenvalue weighted by Gasteiger charge is 2.38. The number of aliphatic hydroxyl groups is 1. The number of aromatic amines is 3. The lowest BCUT2D eigenvalue weighted by atomic mass is 9.97. The number of hydrogen-bond acceptors (Lipinski definition) is 22. The van der Waals surface area contributed by atoms with Crippen LogP contribution in [0.2, 0.25) is 0 Å². The number of β-amino-alcohol motifs (C(OH)–C–C–N with tert-alkyl or cyclic N) is 1. The van der Waals surface area contributed by atoms with Gasteiger partial charge in [0.05, 0.1) is 5.60 Å². The van der Waals surface area contributed by atoms with Crippen LogP contribution >= 0.6 is 35.3 Å². The molecule has 6 aromatic heterocycles. The van der Waals surface area contributed by atoms with E-state index in [-0.39, 0.29) is 29.4 Å². The van der Waals surface area contributed by atoms with Gasteiger partial charge in [0.25, 0.3) is 0 Å². The van der Waals surface area contributed by atoms with Crippen molar-refractivity contribution in [1.82, 2.24) is 70.7 Å². The number of aromatic nitrogens is 12. The topological polar surface area (TPSA) is 332 Å². The SMILES string of the molecule is CCC(=O)Nc1ccc(Sc2nc(Nc3cc(C)[nH]n3)cc(N3CC(C)(O)C3)n2)cc1.CCCNC(=O)Nc1ccc(Sc2nc(Nc3cc(C)[nH]n3)cc(N3CCC3)n2)cc1.CCN(CC)C(=O)Nc1ccc(Sc2nc(Nc3cc(C)[nH]n3)cc(N3CCC3)n2)cc1.[HH].[HH].[HH].[HH].[HH].[HH].[HH].[HH]. The molecule has 0 unspecified atom stereocenters. The molecular formula is C64H95N23O4S3. The number of rotatable bonds is 23. The van der Waals surface area contributed by atoms with Gasteiger partial charge in [0.1, 0.15) is 34.9 Å². The molecule has 94 heavy (non-hydrogen) atoms. The van der Waals surface area contributed by atoms with E-state index in [1.165, 1.54) is 48.1 Å². The standard InChI is InChI=1S/C22H28N8OS.C21H26N8OS.C21H25N7O2S.8H2/c1-4-29(5-2)22(31)23-16-7-9-17(10-8-16)32-21-25-18(24-19-13-15(3)27-28-19)14-20(26-21)30-11-6-12-30;1-3-9-22-20(30)23-15-5-7-16(8-6-15)31-21-25-17(24-18-12-14(2)27-28-18)13-19(26-21)29-10-4-11-29;1-4-19(29)22-14-5-7-15(8-6-14)31-20-24-16(23-17-9-13(2)26-27-17)10-18(25-20)28-11-21(3,30)12-28;;;;;;;;/h7-10,13-14H,4-6,11-12H2,1-3H3,(H,23,31)(H2,24,25,26,27,28);5-8,12-13H,3-4,9-11H2,1-2H3,(H2,22,23,30)(H2,24,25,26,27,28);5-10,30H,4,11-12H2,1-3H3,(H,22,29)(H2,23,24,25,26,27);8*1H. The van der Waals surface area contributed by atoms with Crippen LogP contribution in [0, 0.1) is 20.8 Å². The number of amides is 5.